The van der Waals surface area contributed by atoms with Gasteiger partial charge in [0.1, 0.15) is 0 Å². The van der Waals surface area contributed by atoms with Gasteiger partial charge >= 0.3 is 5.97 Å². The molecule has 0 aromatic heterocycles. The molecular formula is C20H24N2O3S. The summed E-state index contributed by atoms with van der Waals surface area (Å²) < 4.78 is 5.00. The molecule has 0 N–H and O–H groups in total. The van der Waals surface area contributed by atoms with Crippen LogP contribution in [0.25, 0.3) is 0 Å². The Labute approximate surface area is 158 Å². The highest BCUT2D eigenvalue weighted by atomic mass is 32.2. The van der Waals surface area contributed by atoms with Gasteiger partial charge in [0.15, 0.2) is 5.17 Å². The van der Waals surface area contributed by atoms with E-state index in [2.05, 4.69) is 31.0 Å². The van der Waals surface area contributed by atoms with Gasteiger partial charge in [-0.25, -0.2) is 9.79 Å². The number of amidine groups is 1. The Morgan fingerprint density at radius 2 is 1.96 bits per heavy atom. The average molecular weight is 372 g/mol. The van der Waals surface area contributed by atoms with Crippen LogP contribution < -0.4 is 0 Å². The van der Waals surface area contributed by atoms with Gasteiger partial charge in [0, 0.05) is 0 Å². The number of rotatable bonds is 4. The lowest BCUT2D eigenvalue weighted by molar-refractivity contribution is -0.137. The first-order chi connectivity index (χ1) is 12.4. The highest BCUT2D eigenvalue weighted by Crippen LogP contribution is 2.44. The topological polar surface area (TPSA) is 59.0 Å². The summed E-state index contributed by atoms with van der Waals surface area (Å²) in [6.07, 6.45) is 0.727. The second-order valence-corrected chi connectivity index (χ2v) is 8.00. The third kappa shape index (κ3) is 3.07. The maximum atomic E-state index is 12.9. The lowest BCUT2D eigenvalue weighted by Crippen LogP contribution is -2.40. The Hall–Kier alpha value is -2.08. The maximum absolute atomic E-state index is 12.9. The van der Waals surface area contributed by atoms with Crippen molar-refractivity contribution in [1.82, 2.24) is 4.90 Å². The summed E-state index contributed by atoms with van der Waals surface area (Å²) >= 11 is 1.47. The molecule has 6 heteroatoms. The van der Waals surface area contributed by atoms with Gasteiger partial charge in [0.05, 0.1) is 29.7 Å². The largest absolute Gasteiger partial charge is 0.466 e. The van der Waals surface area contributed by atoms with E-state index in [0.717, 1.165) is 12.0 Å². The summed E-state index contributed by atoms with van der Waals surface area (Å²) in [4.78, 5) is 31.6. The molecule has 5 nitrogen and oxygen atoms in total. The molecule has 1 saturated heterocycles. The number of thioether (sulfide) groups is 1. The van der Waals surface area contributed by atoms with Crippen LogP contribution in [-0.2, 0) is 14.3 Å². The minimum absolute atomic E-state index is 0.00286. The Morgan fingerprint density at radius 1 is 1.31 bits per heavy atom. The number of allylic oxidation sites excluding steroid dienone is 1. The van der Waals surface area contributed by atoms with Crippen molar-refractivity contribution in [3.05, 3.63) is 46.7 Å². The number of hydrogen-bond donors (Lipinski definition) is 0. The number of amides is 1. The molecule has 1 amide bonds. The molecule has 0 radical (unpaired) electrons. The van der Waals surface area contributed by atoms with E-state index in [-0.39, 0.29) is 11.2 Å². The standard InChI is InChI=1S/C20H24N2O3S/c1-6-15-18(23)22-17(14-9-7-13(8-10-14)11(2)3)16(19(24)25-5)12(4)21-20(22)26-15/h7-11,15,17H,6H2,1-5H3/t15-,17+/m0/s1. The van der Waals surface area contributed by atoms with Crippen LogP contribution in [0.3, 0.4) is 0 Å². The first-order valence-electron chi connectivity index (χ1n) is 8.86. The highest BCUT2D eigenvalue weighted by molar-refractivity contribution is 8.15. The third-order valence-electron chi connectivity index (χ3n) is 4.85. The van der Waals surface area contributed by atoms with Crippen molar-refractivity contribution in [2.45, 2.75) is 51.3 Å². The van der Waals surface area contributed by atoms with E-state index in [1.165, 1.54) is 24.4 Å². The fraction of sp³-hybridized carbons (Fsp3) is 0.450. The molecule has 0 spiro atoms. The fourth-order valence-corrected chi connectivity index (χ4v) is 4.47. The molecule has 2 heterocycles. The number of nitrogens with zero attached hydrogens (tertiary/aromatic N) is 2. The number of carbonyl (C=O) groups excluding carboxylic acids is 2. The summed E-state index contributed by atoms with van der Waals surface area (Å²) in [5.74, 6) is -0.0256. The average Bonchev–Trinajstić information content (AvgIpc) is 2.95. The lowest BCUT2D eigenvalue weighted by atomic mass is 9.92. The highest BCUT2D eigenvalue weighted by Gasteiger charge is 2.47. The van der Waals surface area contributed by atoms with E-state index >= 15 is 0 Å². The van der Waals surface area contributed by atoms with Crippen LogP contribution in [0.4, 0.5) is 0 Å². The van der Waals surface area contributed by atoms with Crippen LogP contribution in [0.5, 0.6) is 0 Å². The summed E-state index contributed by atoms with van der Waals surface area (Å²) in [5.41, 5.74) is 3.15. The van der Waals surface area contributed by atoms with Crippen molar-refractivity contribution in [3.8, 4) is 0 Å². The van der Waals surface area contributed by atoms with E-state index in [1.54, 1.807) is 11.8 Å². The second-order valence-electron chi connectivity index (χ2n) is 6.83. The molecule has 26 heavy (non-hydrogen) atoms. The van der Waals surface area contributed by atoms with Crippen molar-refractivity contribution in [3.63, 3.8) is 0 Å². The molecule has 0 aliphatic carbocycles. The molecule has 2 atom stereocenters. The summed E-state index contributed by atoms with van der Waals surface area (Å²) in [6, 6.07) is 7.61. The van der Waals surface area contributed by atoms with Crippen molar-refractivity contribution in [2.75, 3.05) is 7.11 Å². The minimum atomic E-state index is -0.493. The van der Waals surface area contributed by atoms with E-state index in [9.17, 15) is 9.59 Å². The van der Waals surface area contributed by atoms with Crippen LogP contribution >= 0.6 is 11.8 Å². The number of esters is 1. The first-order valence-corrected chi connectivity index (χ1v) is 9.74. The number of methoxy groups -OCH3 is 1. The SMILES string of the molecule is CC[C@@H]1SC2=NC(C)=C(C(=O)OC)[C@@H](c3ccc(C(C)C)cc3)N2C1=O. The number of carbonyl (C=O) groups is 2. The zero-order valence-corrected chi connectivity index (χ0v) is 16.6. The van der Waals surface area contributed by atoms with Crippen LogP contribution in [-0.4, -0.2) is 34.3 Å². The third-order valence-corrected chi connectivity index (χ3v) is 6.16. The monoisotopic (exact) mass is 372 g/mol. The molecule has 2 aliphatic heterocycles. The normalized spacial score (nSPS) is 22.6. The first kappa shape index (κ1) is 18.7. The fourth-order valence-electron chi connectivity index (χ4n) is 3.34. The van der Waals surface area contributed by atoms with Gasteiger partial charge in [0.2, 0.25) is 5.91 Å². The Kier molecular flexibility index (Phi) is 5.23. The van der Waals surface area contributed by atoms with Crippen molar-refractivity contribution < 1.29 is 14.3 Å². The van der Waals surface area contributed by atoms with Crippen LogP contribution in [0, 0.1) is 0 Å². The number of ether oxygens (including phenoxy) is 1. The lowest BCUT2D eigenvalue weighted by Gasteiger charge is -2.33. The van der Waals surface area contributed by atoms with Crippen molar-refractivity contribution in [2.24, 2.45) is 4.99 Å². The number of fused-ring (bicyclic) bond motifs is 1. The van der Waals surface area contributed by atoms with E-state index in [0.29, 0.717) is 22.4 Å². The predicted octanol–water partition coefficient (Wildman–Crippen LogP) is 4.02. The minimum Gasteiger partial charge on any atom is -0.466 e. The van der Waals surface area contributed by atoms with E-state index in [1.807, 2.05) is 19.1 Å². The van der Waals surface area contributed by atoms with Gasteiger partial charge < -0.3 is 4.74 Å². The summed E-state index contributed by atoms with van der Waals surface area (Å²) in [5, 5.41) is 0.515. The zero-order chi connectivity index (χ0) is 19.0. The van der Waals surface area contributed by atoms with Gasteiger partial charge in [-0.2, -0.15) is 0 Å². The molecule has 1 fully saturated rings. The number of hydrogen-bond acceptors (Lipinski definition) is 5. The molecule has 2 aliphatic rings. The molecule has 1 aromatic rings. The Bertz CT molecular complexity index is 796. The molecule has 3 rings (SSSR count). The summed E-state index contributed by atoms with van der Waals surface area (Å²) in [7, 11) is 1.36. The number of aliphatic imine (C=N–C) groups is 1. The second kappa shape index (κ2) is 7.27. The van der Waals surface area contributed by atoms with Gasteiger partial charge in [-0.15, -0.1) is 0 Å². The molecule has 0 saturated carbocycles. The Morgan fingerprint density at radius 3 is 2.50 bits per heavy atom. The van der Waals surface area contributed by atoms with Gasteiger partial charge in [0.25, 0.3) is 0 Å². The molecule has 138 valence electrons. The number of benzene rings is 1. The molecular weight excluding hydrogens is 348 g/mol. The Balaban J connectivity index is 2.11. The van der Waals surface area contributed by atoms with Crippen LogP contribution in [0.15, 0.2) is 40.5 Å². The summed E-state index contributed by atoms with van der Waals surface area (Å²) in [6.45, 7) is 8.06. The van der Waals surface area contributed by atoms with Crippen molar-refractivity contribution >= 4 is 28.8 Å². The smallest absolute Gasteiger partial charge is 0.338 e. The van der Waals surface area contributed by atoms with Gasteiger partial charge in [-0.3, -0.25) is 9.69 Å². The van der Waals surface area contributed by atoms with Crippen LogP contribution in [0.2, 0.25) is 0 Å². The van der Waals surface area contributed by atoms with Crippen LogP contribution in [0.1, 0.15) is 57.2 Å². The van der Waals surface area contributed by atoms with Gasteiger partial charge in [-0.1, -0.05) is 56.8 Å². The predicted molar refractivity (Wildman–Crippen MR) is 104 cm³/mol. The molecule has 1 aromatic carbocycles. The van der Waals surface area contributed by atoms with Gasteiger partial charge in [-0.05, 0) is 30.4 Å². The maximum Gasteiger partial charge on any atom is 0.338 e. The van der Waals surface area contributed by atoms with E-state index < -0.39 is 12.0 Å². The molecule has 0 bridgehead atoms. The molecule has 0 unspecified atom stereocenters. The zero-order valence-electron chi connectivity index (χ0n) is 15.8. The van der Waals surface area contributed by atoms with E-state index in [4.69, 9.17) is 4.74 Å². The quantitative estimate of drug-likeness (QED) is 0.749. The van der Waals surface area contributed by atoms with Crippen molar-refractivity contribution in [1.29, 1.82) is 0 Å².